The van der Waals surface area contributed by atoms with Gasteiger partial charge in [-0.15, -0.1) is 0 Å². The number of rotatable bonds is 7. The van der Waals surface area contributed by atoms with Crippen LogP contribution in [0.25, 0.3) is 0 Å². The van der Waals surface area contributed by atoms with Gasteiger partial charge in [0.25, 0.3) is 0 Å². The molecule has 2 rings (SSSR count). The molecular formula is C18H21NO4. The van der Waals surface area contributed by atoms with Crippen molar-refractivity contribution in [2.75, 3.05) is 26.6 Å². The first-order chi connectivity index (χ1) is 11.2. The molecule has 0 aliphatic heterocycles. The number of anilines is 1. The third-order valence-corrected chi connectivity index (χ3v) is 3.51. The van der Waals surface area contributed by atoms with Crippen molar-refractivity contribution in [3.63, 3.8) is 0 Å². The molecule has 2 aromatic rings. The van der Waals surface area contributed by atoms with Gasteiger partial charge in [0.2, 0.25) is 0 Å². The summed E-state index contributed by atoms with van der Waals surface area (Å²) >= 11 is 0. The minimum Gasteiger partial charge on any atom is -0.494 e. The number of carbonyl (C=O) groups is 1. The molecule has 5 heteroatoms. The smallest absolute Gasteiger partial charge is 0.328 e. The van der Waals surface area contributed by atoms with E-state index < -0.39 is 6.04 Å². The molecule has 0 fully saturated rings. The maximum absolute atomic E-state index is 12.2. The molecule has 0 aromatic heterocycles. The molecule has 0 saturated heterocycles. The fourth-order valence-electron chi connectivity index (χ4n) is 2.35. The van der Waals surface area contributed by atoms with Crippen molar-refractivity contribution in [1.82, 2.24) is 0 Å². The van der Waals surface area contributed by atoms with Gasteiger partial charge in [-0.2, -0.15) is 0 Å². The van der Waals surface area contributed by atoms with Crippen LogP contribution >= 0.6 is 0 Å². The van der Waals surface area contributed by atoms with Gasteiger partial charge in [-0.25, -0.2) is 4.79 Å². The second-order valence-electron chi connectivity index (χ2n) is 4.95. The number of para-hydroxylation sites is 1. The SMILES string of the molecule is COC(=O)[C@H](Cc1ccccc1)Nc1c(OC)cccc1OC. The van der Waals surface area contributed by atoms with Gasteiger partial charge in [-0.05, 0) is 17.7 Å². The van der Waals surface area contributed by atoms with Crippen LogP contribution in [0.5, 0.6) is 11.5 Å². The summed E-state index contributed by atoms with van der Waals surface area (Å²) in [6, 6.07) is 14.6. The molecule has 0 amide bonds. The van der Waals surface area contributed by atoms with Crippen LogP contribution in [0.2, 0.25) is 0 Å². The minimum absolute atomic E-state index is 0.346. The third-order valence-electron chi connectivity index (χ3n) is 3.51. The monoisotopic (exact) mass is 315 g/mol. The van der Waals surface area contributed by atoms with E-state index in [1.165, 1.54) is 7.11 Å². The average molecular weight is 315 g/mol. The molecule has 0 aliphatic rings. The van der Waals surface area contributed by atoms with Crippen molar-refractivity contribution < 1.29 is 19.0 Å². The Kier molecular flexibility index (Phi) is 5.86. The van der Waals surface area contributed by atoms with E-state index in [0.29, 0.717) is 23.6 Å². The number of nitrogens with one attached hydrogen (secondary N) is 1. The lowest BCUT2D eigenvalue weighted by molar-refractivity contribution is -0.141. The zero-order valence-corrected chi connectivity index (χ0v) is 13.5. The van der Waals surface area contributed by atoms with Crippen LogP contribution in [0.1, 0.15) is 5.56 Å². The van der Waals surface area contributed by atoms with Gasteiger partial charge in [-0.1, -0.05) is 36.4 Å². The summed E-state index contributed by atoms with van der Waals surface area (Å²) in [6.45, 7) is 0. The van der Waals surface area contributed by atoms with Gasteiger partial charge >= 0.3 is 5.97 Å². The van der Waals surface area contributed by atoms with Crippen LogP contribution in [-0.2, 0) is 16.0 Å². The molecule has 0 saturated carbocycles. The van der Waals surface area contributed by atoms with Gasteiger partial charge in [0.1, 0.15) is 23.2 Å². The lowest BCUT2D eigenvalue weighted by Gasteiger charge is -2.21. The van der Waals surface area contributed by atoms with Gasteiger partial charge < -0.3 is 19.5 Å². The Balaban J connectivity index is 2.30. The Morgan fingerprint density at radius 2 is 1.57 bits per heavy atom. The number of esters is 1. The molecule has 1 N–H and O–H groups in total. The first kappa shape index (κ1) is 16.7. The number of hydrogen-bond donors (Lipinski definition) is 1. The Hall–Kier alpha value is -2.69. The molecule has 0 radical (unpaired) electrons. The van der Waals surface area contributed by atoms with Crippen LogP contribution in [0.4, 0.5) is 5.69 Å². The van der Waals surface area contributed by atoms with E-state index in [2.05, 4.69) is 5.32 Å². The van der Waals surface area contributed by atoms with E-state index in [9.17, 15) is 4.79 Å². The largest absolute Gasteiger partial charge is 0.494 e. The van der Waals surface area contributed by atoms with Gasteiger partial charge in [-0.3, -0.25) is 0 Å². The van der Waals surface area contributed by atoms with Gasteiger partial charge in [0.05, 0.1) is 21.3 Å². The number of carbonyl (C=O) groups excluding carboxylic acids is 1. The number of benzene rings is 2. The highest BCUT2D eigenvalue weighted by Crippen LogP contribution is 2.35. The summed E-state index contributed by atoms with van der Waals surface area (Å²) in [6.07, 6.45) is 0.495. The maximum atomic E-state index is 12.2. The minimum atomic E-state index is -0.549. The van der Waals surface area contributed by atoms with Crippen molar-refractivity contribution in [3.05, 3.63) is 54.1 Å². The van der Waals surface area contributed by atoms with Crippen molar-refractivity contribution in [3.8, 4) is 11.5 Å². The zero-order valence-electron chi connectivity index (χ0n) is 13.5. The molecule has 2 aromatic carbocycles. The third kappa shape index (κ3) is 4.16. The summed E-state index contributed by atoms with van der Waals surface area (Å²) < 4.78 is 15.6. The van der Waals surface area contributed by atoms with Crippen LogP contribution in [0.3, 0.4) is 0 Å². The van der Waals surface area contributed by atoms with Crippen LogP contribution in [0, 0.1) is 0 Å². The van der Waals surface area contributed by atoms with Crippen molar-refractivity contribution >= 4 is 11.7 Å². The number of hydrogen-bond acceptors (Lipinski definition) is 5. The second-order valence-corrected chi connectivity index (χ2v) is 4.95. The van der Waals surface area contributed by atoms with E-state index in [4.69, 9.17) is 14.2 Å². The predicted molar refractivity (Wildman–Crippen MR) is 89.1 cm³/mol. The quantitative estimate of drug-likeness (QED) is 0.796. The molecule has 0 unspecified atom stereocenters. The molecule has 23 heavy (non-hydrogen) atoms. The Morgan fingerprint density at radius 1 is 0.957 bits per heavy atom. The predicted octanol–water partition coefficient (Wildman–Crippen LogP) is 2.90. The molecule has 0 spiro atoms. The highest BCUT2D eigenvalue weighted by Gasteiger charge is 2.23. The molecule has 0 heterocycles. The highest BCUT2D eigenvalue weighted by molar-refractivity contribution is 5.81. The molecule has 122 valence electrons. The fraction of sp³-hybridized carbons (Fsp3) is 0.278. The fourth-order valence-corrected chi connectivity index (χ4v) is 2.35. The standard InChI is InChI=1S/C18H21NO4/c1-21-15-10-7-11-16(22-2)17(15)19-14(18(20)23-3)12-13-8-5-4-6-9-13/h4-11,14,19H,12H2,1-3H3/t14-/m0/s1. The first-order valence-corrected chi connectivity index (χ1v) is 7.29. The van der Waals surface area contributed by atoms with E-state index in [1.807, 2.05) is 48.5 Å². The molecule has 0 bridgehead atoms. The van der Waals surface area contributed by atoms with Gasteiger partial charge in [0, 0.05) is 6.42 Å². The van der Waals surface area contributed by atoms with Crippen molar-refractivity contribution in [2.45, 2.75) is 12.5 Å². The summed E-state index contributed by atoms with van der Waals surface area (Å²) in [4.78, 5) is 12.2. The highest BCUT2D eigenvalue weighted by atomic mass is 16.5. The lowest BCUT2D eigenvalue weighted by Crippen LogP contribution is -2.33. The Morgan fingerprint density at radius 3 is 2.09 bits per heavy atom. The van der Waals surface area contributed by atoms with E-state index in [0.717, 1.165) is 5.56 Å². The van der Waals surface area contributed by atoms with Crippen LogP contribution < -0.4 is 14.8 Å². The van der Waals surface area contributed by atoms with Crippen LogP contribution in [0.15, 0.2) is 48.5 Å². The first-order valence-electron chi connectivity index (χ1n) is 7.29. The van der Waals surface area contributed by atoms with Crippen LogP contribution in [-0.4, -0.2) is 33.3 Å². The Bertz CT molecular complexity index is 620. The summed E-state index contributed by atoms with van der Waals surface area (Å²) in [7, 11) is 4.52. The van der Waals surface area contributed by atoms with E-state index >= 15 is 0 Å². The van der Waals surface area contributed by atoms with Crippen molar-refractivity contribution in [2.24, 2.45) is 0 Å². The van der Waals surface area contributed by atoms with E-state index in [-0.39, 0.29) is 5.97 Å². The Labute approximate surface area is 136 Å². The second kappa shape index (κ2) is 8.08. The lowest BCUT2D eigenvalue weighted by atomic mass is 10.1. The normalized spacial score (nSPS) is 11.4. The van der Waals surface area contributed by atoms with E-state index in [1.54, 1.807) is 14.2 Å². The number of methoxy groups -OCH3 is 3. The molecular weight excluding hydrogens is 294 g/mol. The summed E-state index contributed by atoms with van der Waals surface area (Å²) in [5.74, 6) is 0.861. The maximum Gasteiger partial charge on any atom is 0.328 e. The molecule has 1 atom stereocenters. The van der Waals surface area contributed by atoms with Gasteiger partial charge in [0.15, 0.2) is 0 Å². The summed E-state index contributed by atoms with van der Waals surface area (Å²) in [5, 5.41) is 3.19. The average Bonchev–Trinajstić information content (AvgIpc) is 2.61. The van der Waals surface area contributed by atoms with Crippen molar-refractivity contribution in [1.29, 1.82) is 0 Å². The molecule has 5 nitrogen and oxygen atoms in total. The molecule has 0 aliphatic carbocycles. The summed E-state index contributed by atoms with van der Waals surface area (Å²) in [5.41, 5.74) is 1.66. The zero-order chi connectivity index (χ0) is 16.7. The number of ether oxygens (including phenoxy) is 3. The topological polar surface area (TPSA) is 56.8 Å².